The molecule has 0 radical (unpaired) electrons. The lowest BCUT2D eigenvalue weighted by molar-refractivity contribution is -0.00461. The molecule has 3 unspecified atom stereocenters. The number of ether oxygens (including phenoxy) is 3. The molecule has 112 valence electrons. The molecule has 2 saturated heterocycles. The smallest absolute Gasteiger partial charge is 0.0971 e. The highest BCUT2D eigenvalue weighted by Crippen LogP contribution is 2.31. The summed E-state index contributed by atoms with van der Waals surface area (Å²) in [6.07, 6.45) is 1.54. The van der Waals surface area contributed by atoms with Crippen molar-refractivity contribution >= 4 is 0 Å². The van der Waals surface area contributed by atoms with E-state index in [0.29, 0.717) is 0 Å². The molecule has 0 bridgehead atoms. The van der Waals surface area contributed by atoms with Gasteiger partial charge in [-0.15, -0.1) is 0 Å². The van der Waals surface area contributed by atoms with Gasteiger partial charge in [0.1, 0.15) is 0 Å². The van der Waals surface area contributed by atoms with Crippen molar-refractivity contribution in [3.63, 3.8) is 0 Å². The first-order chi connectivity index (χ1) is 9.23. The molecule has 2 rings (SSSR count). The molecule has 1 N–H and O–H groups in total. The highest BCUT2D eigenvalue weighted by atomic mass is 16.5. The third-order valence-electron chi connectivity index (χ3n) is 4.39. The van der Waals surface area contributed by atoms with Crippen molar-refractivity contribution in [2.45, 2.75) is 25.6 Å². The van der Waals surface area contributed by atoms with Crippen LogP contribution in [0.3, 0.4) is 0 Å². The van der Waals surface area contributed by atoms with Gasteiger partial charge in [-0.25, -0.2) is 0 Å². The fourth-order valence-electron chi connectivity index (χ4n) is 3.23. The Hall–Kier alpha value is -0.200. The van der Waals surface area contributed by atoms with Crippen LogP contribution in [0.1, 0.15) is 13.3 Å². The Morgan fingerprint density at radius 1 is 1.26 bits per heavy atom. The minimum Gasteiger partial charge on any atom is -0.381 e. The van der Waals surface area contributed by atoms with Crippen LogP contribution in [-0.4, -0.2) is 77.3 Å². The molecule has 3 atom stereocenters. The molecule has 0 aliphatic carbocycles. The molecule has 0 aromatic rings. The normalized spacial score (nSPS) is 36.2. The van der Waals surface area contributed by atoms with Crippen molar-refractivity contribution in [2.75, 3.05) is 60.2 Å². The van der Waals surface area contributed by atoms with Crippen molar-refractivity contribution in [3.8, 4) is 0 Å². The van der Waals surface area contributed by atoms with Gasteiger partial charge in [0.25, 0.3) is 0 Å². The van der Waals surface area contributed by atoms with Crippen LogP contribution < -0.4 is 5.32 Å². The van der Waals surface area contributed by atoms with E-state index < -0.39 is 0 Å². The van der Waals surface area contributed by atoms with E-state index in [0.717, 1.165) is 52.4 Å². The maximum absolute atomic E-state index is 5.64. The molecule has 0 amide bonds. The Kier molecular flexibility index (Phi) is 5.59. The largest absolute Gasteiger partial charge is 0.381 e. The molecule has 2 fully saturated rings. The number of hydrogen-bond donors (Lipinski definition) is 1. The Bertz CT molecular complexity index is 257. The first-order valence-electron chi connectivity index (χ1n) is 7.29. The maximum atomic E-state index is 5.64. The van der Waals surface area contributed by atoms with Gasteiger partial charge in [-0.2, -0.15) is 0 Å². The first-order valence-corrected chi connectivity index (χ1v) is 7.29. The lowest BCUT2D eigenvalue weighted by atomic mass is 9.86. The third-order valence-corrected chi connectivity index (χ3v) is 4.39. The SMILES string of the molecule is CCNCC1(CN2CC(OC)C(OC)C2)CCOC1. The van der Waals surface area contributed by atoms with Gasteiger partial charge in [-0.1, -0.05) is 6.92 Å². The monoisotopic (exact) mass is 272 g/mol. The van der Waals surface area contributed by atoms with E-state index in [1.165, 1.54) is 0 Å². The van der Waals surface area contributed by atoms with Crippen LogP contribution >= 0.6 is 0 Å². The standard InChI is InChI=1S/C14H28N2O3/c1-4-15-9-14(5-6-19-11-14)10-16-7-12(17-2)13(8-16)18-3/h12-13,15H,4-11H2,1-3H3. The highest BCUT2D eigenvalue weighted by Gasteiger charge is 2.40. The summed E-state index contributed by atoms with van der Waals surface area (Å²) in [6.45, 7) is 8.96. The van der Waals surface area contributed by atoms with Crippen LogP contribution in [0.4, 0.5) is 0 Å². The summed E-state index contributed by atoms with van der Waals surface area (Å²) in [4.78, 5) is 2.47. The average molecular weight is 272 g/mol. The van der Waals surface area contributed by atoms with Crippen molar-refractivity contribution in [1.29, 1.82) is 0 Å². The zero-order chi connectivity index (χ0) is 13.7. The van der Waals surface area contributed by atoms with Crippen LogP contribution in [0.2, 0.25) is 0 Å². The molecule has 5 nitrogen and oxygen atoms in total. The Balaban J connectivity index is 1.91. The average Bonchev–Trinajstić information content (AvgIpc) is 3.04. The second-order valence-electron chi connectivity index (χ2n) is 5.83. The van der Waals surface area contributed by atoms with Crippen molar-refractivity contribution < 1.29 is 14.2 Å². The quantitative estimate of drug-likeness (QED) is 0.724. The molecule has 2 aliphatic heterocycles. The van der Waals surface area contributed by atoms with Crippen molar-refractivity contribution in [1.82, 2.24) is 10.2 Å². The molecule has 0 aromatic carbocycles. The molecule has 2 aliphatic rings. The van der Waals surface area contributed by atoms with E-state index >= 15 is 0 Å². The van der Waals surface area contributed by atoms with Crippen molar-refractivity contribution in [2.24, 2.45) is 5.41 Å². The van der Waals surface area contributed by atoms with Crippen LogP contribution in [0.5, 0.6) is 0 Å². The molecule has 0 aromatic heterocycles. The minimum atomic E-state index is 0.198. The Labute approximate surface area is 116 Å². The van der Waals surface area contributed by atoms with E-state index in [2.05, 4.69) is 17.1 Å². The fraction of sp³-hybridized carbons (Fsp3) is 1.00. The van der Waals surface area contributed by atoms with Crippen LogP contribution in [0.25, 0.3) is 0 Å². The van der Waals surface area contributed by atoms with Gasteiger partial charge in [0.05, 0.1) is 18.8 Å². The molecular weight excluding hydrogens is 244 g/mol. The third kappa shape index (κ3) is 3.67. The van der Waals surface area contributed by atoms with Gasteiger partial charge >= 0.3 is 0 Å². The molecular formula is C14H28N2O3. The van der Waals surface area contributed by atoms with Crippen LogP contribution in [0, 0.1) is 5.41 Å². The lowest BCUT2D eigenvalue weighted by Gasteiger charge is -2.32. The van der Waals surface area contributed by atoms with Gasteiger partial charge < -0.3 is 19.5 Å². The first kappa shape index (κ1) is 15.2. The number of rotatable bonds is 7. The predicted octanol–water partition coefficient (Wildman–Crippen LogP) is 0.348. The van der Waals surface area contributed by atoms with Gasteiger partial charge in [-0.3, -0.25) is 4.90 Å². The van der Waals surface area contributed by atoms with E-state index in [1.54, 1.807) is 14.2 Å². The van der Waals surface area contributed by atoms with E-state index in [-0.39, 0.29) is 17.6 Å². The topological polar surface area (TPSA) is 43.0 Å². The number of hydrogen-bond acceptors (Lipinski definition) is 5. The minimum absolute atomic E-state index is 0.198. The molecule has 0 saturated carbocycles. The van der Waals surface area contributed by atoms with Gasteiger partial charge in [0.15, 0.2) is 0 Å². The highest BCUT2D eigenvalue weighted by molar-refractivity contribution is 4.93. The number of nitrogens with zero attached hydrogens (tertiary/aromatic N) is 1. The number of likely N-dealkylation sites (tertiary alicyclic amines) is 1. The van der Waals surface area contributed by atoms with Gasteiger partial charge in [0.2, 0.25) is 0 Å². The summed E-state index contributed by atoms with van der Waals surface area (Å²) < 4.78 is 16.7. The van der Waals surface area contributed by atoms with E-state index in [9.17, 15) is 0 Å². The second kappa shape index (κ2) is 6.99. The summed E-state index contributed by atoms with van der Waals surface area (Å²) in [5.74, 6) is 0. The van der Waals surface area contributed by atoms with E-state index in [1.807, 2.05) is 0 Å². The summed E-state index contributed by atoms with van der Waals surface area (Å²) in [5.41, 5.74) is 0.261. The van der Waals surface area contributed by atoms with Gasteiger partial charge in [-0.05, 0) is 13.0 Å². The molecule has 19 heavy (non-hydrogen) atoms. The number of methoxy groups -OCH3 is 2. The molecule has 5 heteroatoms. The second-order valence-corrected chi connectivity index (χ2v) is 5.83. The summed E-state index contributed by atoms with van der Waals surface area (Å²) >= 11 is 0. The van der Waals surface area contributed by atoms with Crippen LogP contribution in [-0.2, 0) is 14.2 Å². The van der Waals surface area contributed by atoms with Gasteiger partial charge in [0, 0.05) is 52.4 Å². The van der Waals surface area contributed by atoms with E-state index in [4.69, 9.17) is 14.2 Å². The predicted molar refractivity (Wildman–Crippen MR) is 74.4 cm³/mol. The Morgan fingerprint density at radius 3 is 2.42 bits per heavy atom. The summed E-state index contributed by atoms with van der Waals surface area (Å²) in [5, 5.41) is 3.49. The van der Waals surface area contributed by atoms with Crippen LogP contribution in [0.15, 0.2) is 0 Å². The zero-order valence-corrected chi connectivity index (χ0v) is 12.5. The Morgan fingerprint density at radius 2 is 1.95 bits per heavy atom. The lowest BCUT2D eigenvalue weighted by Crippen LogP contribution is -2.44. The fourth-order valence-corrected chi connectivity index (χ4v) is 3.23. The summed E-state index contributed by atoms with van der Waals surface area (Å²) in [7, 11) is 3.54. The maximum Gasteiger partial charge on any atom is 0.0971 e. The summed E-state index contributed by atoms with van der Waals surface area (Å²) in [6, 6.07) is 0. The number of nitrogens with one attached hydrogen (secondary N) is 1. The molecule has 0 spiro atoms. The zero-order valence-electron chi connectivity index (χ0n) is 12.5. The molecule has 2 heterocycles. The van der Waals surface area contributed by atoms with Crippen molar-refractivity contribution in [3.05, 3.63) is 0 Å².